The van der Waals surface area contributed by atoms with Crippen molar-refractivity contribution < 1.29 is 9.13 Å². The third kappa shape index (κ3) is 1.21. The summed E-state index contributed by atoms with van der Waals surface area (Å²) in [5, 5.41) is 0. The molecule has 0 fully saturated rings. The van der Waals surface area contributed by atoms with Gasteiger partial charge in [0.25, 0.3) is 0 Å². The van der Waals surface area contributed by atoms with Gasteiger partial charge in [-0.15, -0.1) is 0 Å². The van der Waals surface area contributed by atoms with Gasteiger partial charge in [-0.25, -0.2) is 4.39 Å². The highest BCUT2D eigenvalue weighted by atomic mass is 32.1. The smallest absolute Gasteiger partial charge is 0.177 e. The maximum absolute atomic E-state index is 13.3. The van der Waals surface area contributed by atoms with Gasteiger partial charge in [-0.05, 0) is 12.2 Å². The van der Waals surface area contributed by atoms with Crippen LogP contribution in [-0.4, -0.2) is 16.7 Å². The van der Waals surface area contributed by atoms with Crippen LogP contribution in [0.1, 0.15) is 0 Å². The summed E-state index contributed by atoms with van der Waals surface area (Å²) in [4.78, 5) is 2.90. The van der Waals surface area contributed by atoms with Crippen LogP contribution in [0.15, 0.2) is 12.1 Å². The fourth-order valence-electron chi connectivity index (χ4n) is 1.39. The van der Waals surface area contributed by atoms with Crippen LogP contribution in [0.2, 0.25) is 0 Å². The quantitative estimate of drug-likeness (QED) is 0.735. The van der Waals surface area contributed by atoms with E-state index in [1.807, 2.05) is 7.05 Å². The summed E-state index contributed by atoms with van der Waals surface area (Å²) in [7, 11) is 3.25. The number of aromatic amines is 1. The minimum Gasteiger partial charge on any atom is -0.494 e. The Labute approximate surface area is 85.1 Å². The van der Waals surface area contributed by atoms with E-state index in [9.17, 15) is 4.39 Å². The summed E-state index contributed by atoms with van der Waals surface area (Å²) in [6.07, 6.45) is 0. The summed E-state index contributed by atoms with van der Waals surface area (Å²) in [6, 6.07) is 3.00. The molecule has 0 unspecified atom stereocenters. The molecule has 0 saturated heterocycles. The molecule has 1 aromatic carbocycles. The molecule has 3 nitrogen and oxygen atoms in total. The second-order valence-corrected chi connectivity index (χ2v) is 3.38. The van der Waals surface area contributed by atoms with Gasteiger partial charge in [0.2, 0.25) is 0 Å². The van der Waals surface area contributed by atoms with Gasteiger partial charge >= 0.3 is 0 Å². The third-order valence-corrected chi connectivity index (χ3v) is 2.55. The summed E-state index contributed by atoms with van der Waals surface area (Å²) in [5.41, 5.74) is 1.50. The molecular formula is C9H9FN2OS. The standard InChI is InChI=1S/C9H9FN2OS/c1-12-7-4-8(13-2)5(10)3-6(7)11-9(12)14/h3-4H,1-2H3,(H,11,14). The van der Waals surface area contributed by atoms with E-state index in [-0.39, 0.29) is 5.75 Å². The van der Waals surface area contributed by atoms with Crippen molar-refractivity contribution in [3.63, 3.8) is 0 Å². The van der Waals surface area contributed by atoms with E-state index >= 15 is 0 Å². The monoisotopic (exact) mass is 212 g/mol. The van der Waals surface area contributed by atoms with E-state index in [4.69, 9.17) is 17.0 Å². The molecule has 1 aromatic heterocycles. The number of nitrogens with one attached hydrogen (secondary N) is 1. The highest BCUT2D eigenvalue weighted by Crippen LogP contribution is 2.23. The Bertz CT molecular complexity index is 543. The Balaban J connectivity index is 2.87. The molecular weight excluding hydrogens is 203 g/mol. The van der Waals surface area contributed by atoms with Crippen molar-refractivity contribution in [3.05, 3.63) is 22.7 Å². The van der Waals surface area contributed by atoms with Crippen LogP contribution in [0, 0.1) is 10.6 Å². The molecule has 0 amide bonds. The lowest BCUT2D eigenvalue weighted by Crippen LogP contribution is -1.90. The number of methoxy groups -OCH3 is 1. The molecule has 0 saturated carbocycles. The van der Waals surface area contributed by atoms with Gasteiger partial charge in [0.05, 0.1) is 18.1 Å². The second-order valence-electron chi connectivity index (χ2n) is 2.99. The van der Waals surface area contributed by atoms with Crippen molar-refractivity contribution in [1.82, 2.24) is 9.55 Å². The first-order valence-corrected chi connectivity index (χ1v) is 4.46. The average molecular weight is 212 g/mol. The fraction of sp³-hybridized carbons (Fsp3) is 0.222. The largest absolute Gasteiger partial charge is 0.494 e. The molecule has 2 rings (SSSR count). The fourth-order valence-corrected chi connectivity index (χ4v) is 1.59. The first-order chi connectivity index (χ1) is 6.63. The Morgan fingerprint density at radius 2 is 2.21 bits per heavy atom. The molecule has 14 heavy (non-hydrogen) atoms. The molecule has 2 aromatic rings. The molecule has 0 radical (unpaired) electrons. The zero-order chi connectivity index (χ0) is 10.3. The SMILES string of the molecule is COc1cc2c(cc1F)[nH]c(=S)n2C. The predicted molar refractivity (Wildman–Crippen MR) is 54.6 cm³/mol. The highest BCUT2D eigenvalue weighted by Gasteiger charge is 2.07. The molecule has 0 atom stereocenters. The van der Waals surface area contributed by atoms with Crippen molar-refractivity contribution in [2.45, 2.75) is 0 Å². The zero-order valence-corrected chi connectivity index (χ0v) is 8.61. The summed E-state index contributed by atoms with van der Waals surface area (Å²) >= 11 is 5.02. The zero-order valence-electron chi connectivity index (χ0n) is 7.80. The van der Waals surface area contributed by atoms with Crippen LogP contribution in [0.3, 0.4) is 0 Å². The number of hydrogen-bond donors (Lipinski definition) is 1. The summed E-state index contributed by atoms with van der Waals surface area (Å²) in [5.74, 6) is -0.168. The van der Waals surface area contributed by atoms with Gasteiger partial charge in [0.1, 0.15) is 0 Å². The molecule has 1 N–H and O–H groups in total. The van der Waals surface area contributed by atoms with E-state index in [0.717, 1.165) is 5.52 Å². The third-order valence-electron chi connectivity index (χ3n) is 2.18. The first kappa shape index (κ1) is 9.21. The second kappa shape index (κ2) is 3.09. The van der Waals surface area contributed by atoms with Crippen molar-refractivity contribution >= 4 is 23.3 Å². The van der Waals surface area contributed by atoms with Crippen molar-refractivity contribution in [2.24, 2.45) is 7.05 Å². The topological polar surface area (TPSA) is 29.9 Å². The molecule has 1 heterocycles. The molecule has 0 spiro atoms. The van der Waals surface area contributed by atoms with Gasteiger partial charge in [0.15, 0.2) is 16.3 Å². The van der Waals surface area contributed by atoms with Crippen LogP contribution in [0.4, 0.5) is 4.39 Å². The van der Waals surface area contributed by atoms with Crippen molar-refractivity contribution in [1.29, 1.82) is 0 Å². The lowest BCUT2D eigenvalue weighted by molar-refractivity contribution is 0.387. The molecule has 74 valence electrons. The molecule has 0 aliphatic heterocycles. The van der Waals surface area contributed by atoms with Gasteiger partial charge in [-0.3, -0.25) is 0 Å². The Morgan fingerprint density at radius 1 is 1.50 bits per heavy atom. The number of nitrogens with zero attached hydrogens (tertiary/aromatic N) is 1. The Hall–Kier alpha value is -1.36. The van der Waals surface area contributed by atoms with E-state index in [0.29, 0.717) is 10.3 Å². The van der Waals surface area contributed by atoms with E-state index in [1.165, 1.54) is 13.2 Å². The van der Waals surface area contributed by atoms with Crippen LogP contribution >= 0.6 is 12.2 Å². The van der Waals surface area contributed by atoms with E-state index in [2.05, 4.69) is 4.98 Å². The van der Waals surface area contributed by atoms with E-state index in [1.54, 1.807) is 10.6 Å². The Morgan fingerprint density at radius 3 is 2.86 bits per heavy atom. The van der Waals surface area contributed by atoms with Gasteiger partial charge in [-0.1, -0.05) is 0 Å². The number of imidazole rings is 1. The molecule has 0 aliphatic rings. The lowest BCUT2D eigenvalue weighted by Gasteiger charge is -2.01. The van der Waals surface area contributed by atoms with Crippen LogP contribution in [0.25, 0.3) is 11.0 Å². The predicted octanol–water partition coefficient (Wildman–Crippen LogP) is 2.38. The number of fused-ring (bicyclic) bond motifs is 1. The number of ether oxygens (including phenoxy) is 1. The van der Waals surface area contributed by atoms with Crippen molar-refractivity contribution in [3.8, 4) is 5.75 Å². The molecule has 0 bridgehead atoms. The highest BCUT2D eigenvalue weighted by molar-refractivity contribution is 7.71. The number of benzene rings is 1. The van der Waals surface area contributed by atoms with E-state index < -0.39 is 5.82 Å². The van der Waals surface area contributed by atoms with Gasteiger partial charge in [0, 0.05) is 19.2 Å². The first-order valence-electron chi connectivity index (χ1n) is 4.05. The number of aryl methyl sites for hydroxylation is 1. The number of halogens is 1. The summed E-state index contributed by atoms with van der Waals surface area (Å²) < 4.78 is 20.5. The Kier molecular flexibility index (Phi) is 2.03. The average Bonchev–Trinajstić information content (AvgIpc) is 2.41. The minimum atomic E-state index is -0.392. The van der Waals surface area contributed by atoms with Crippen molar-refractivity contribution in [2.75, 3.05) is 7.11 Å². The van der Waals surface area contributed by atoms with Gasteiger partial charge < -0.3 is 14.3 Å². The maximum atomic E-state index is 13.3. The van der Waals surface area contributed by atoms with Crippen LogP contribution in [0.5, 0.6) is 5.75 Å². The number of aromatic nitrogens is 2. The molecule has 0 aliphatic carbocycles. The maximum Gasteiger partial charge on any atom is 0.177 e. The van der Waals surface area contributed by atoms with Crippen LogP contribution in [-0.2, 0) is 7.05 Å². The molecule has 5 heteroatoms. The lowest BCUT2D eigenvalue weighted by atomic mass is 10.3. The number of hydrogen-bond acceptors (Lipinski definition) is 2. The van der Waals surface area contributed by atoms with Gasteiger partial charge in [-0.2, -0.15) is 0 Å². The minimum absolute atomic E-state index is 0.224. The normalized spacial score (nSPS) is 10.8. The summed E-state index contributed by atoms with van der Waals surface area (Å²) in [6.45, 7) is 0. The number of rotatable bonds is 1. The number of H-pyrrole nitrogens is 1. The van der Waals surface area contributed by atoms with Crippen LogP contribution < -0.4 is 4.74 Å².